The van der Waals surface area contributed by atoms with Crippen LogP contribution in [0, 0.1) is 17.8 Å². The smallest absolute Gasteiger partial charge is 0.207 e. The minimum atomic E-state index is -3.60. The lowest BCUT2D eigenvalue weighted by Gasteiger charge is -2.36. The molecule has 0 saturated heterocycles. The highest BCUT2D eigenvalue weighted by molar-refractivity contribution is 7.89. The van der Waals surface area contributed by atoms with Crippen LogP contribution in [-0.2, 0) is 10.0 Å². The number of nitrogens with one attached hydrogen (secondary N) is 1. The molecule has 1 aromatic carbocycles. The molecule has 1 unspecified atom stereocenters. The lowest BCUT2D eigenvalue weighted by Crippen LogP contribution is -2.51. The minimum Gasteiger partial charge on any atom is -0.207 e. The van der Waals surface area contributed by atoms with Gasteiger partial charge < -0.3 is 0 Å². The van der Waals surface area contributed by atoms with Crippen LogP contribution in [0.15, 0.2) is 29.2 Å². The Morgan fingerprint density at radius 1 is 1.05 bits per heavy atom. The molecule has 1 aromatic rings. The van der Waals surface area contributed by atoms with Crippen molar-refractivity contribution >= 4 is 27.1 Å². The van der Waals surface area contributed by atoms with Crippen LogP contribution >= 0.6 is 12.2 Å². The number of aryl methyl sites for hydroxylation is 1. The molecular weight excluding hydrogens is 314 g/mol. The van der Waals surface area contributed by atoms with Gasteiger partial charge in [0.05, 0.1) is 10.9 Å². The first-order chi connectivity index (χ1) is 9.75. The molecule has 0 spiro atoms. The number of hydrogen-bond acceptors (Lipinski definition) is 3. The van der Waals surface area contributed by atoms with E-state index in [4.69, 9.17) is 12.2 Å². The van der Waals surface area contributed by atoms with Gasteiger partial charge in [-0.3, -0.25) is 0 Å². The van der Waals surface area contributed by atoms with Crippen LogP contribution in [0.3, 0.4) is 0 Å². The SMILES string of the molecule is Cc1ccc(S(=O)(=O)NC(C(=S)C(C)(C)C)C(C)(C)C)cc1. The van der Waals surface area contributed by atoms with E-state index in [2.05, 4.69) is 4.72 Å². The molecule has 1 rings (SSSR count). The molecule has 22 heavy (non-hydrogen) atoms. The molecule has 124 valence electrons. The van der Waals surface area contributed by atoms with E-state index in [0.29, 0.717) is 0 Å². The summed E-state index contributed by atoms with van der Waals surface area (Å²) in [7, 11) is -3.60. The van der Waals surface area contributed by atoms with E-state index >= 15 is 0 Å². The van der Waals surface area contributed by atoms with Crippen LogP contribution in [0.4, 0.5) is 0 Å². The van der Waals surface area contributed by atoms with E-state index in [1.54, 1.807) is 24.3 Å². The first-order valence-electron chi connectivity index (χ1n) is 7.38. The normalized spacial score (nSPS) is 14.7. The molecular formula is C17H27NO2S2. The van der Waals surface area contributed by atoms with Gasteiger partial charge >= 0.3 is 0 Å². The van der Waals surface area contributed by atoms with E-state index in [-0.39, 0.29) is 15.7 Å². The Bertz CT molecular complexity index is 633. The quantitative estimate of drug-likeness (QED) is 0.839. The summed E-state index contributed by atoms with van der Waals surface area (Å²) >= 11 is 5.57. The Hall–Kier alpha value is -0.780. The first-order valence-corrected chi connectivity index (χ1v) is 9.27. The minimum absolute atomic E-state index is 0.247. The number of thiocarbonyl (C=S) groups is 1. The van der Waals surface area contributed by atoms with E-state index in [9.17, 15) is 8.42 Å². The molecule has 0 aliphatic heterocycles. The largest absolute Gasteiger partial charge is 0.241 e. The van der Waals surface area contributed by atoms with E-state index in [1.165, 1.54) is 0 Å². The van der Waals surface area contributed by atoms with Crippen LogP contribution in [0.2, 0.25) is 0 Å². The van der Waals surface area contributed by atoms with Crippen LogP contribution in [0.25, 0.3) is 0 Å². The predicted molar refractivity (Wildman–Crippen MR) is 96.8 cm³/mol. The monoisotopic (exact) mass is 341 g/mol. The van der Waals surface area contributed by atoms with Crippen molar-refractivity contribution in [2.24, 2.45) is 10.8 Å². The highest BCUT2D eigenvalue weighted by Gasteiger charge is 2.37. The summed E-state index contributed by atoms with van der Waals surface area (Å²) in [6.07, 6.45) is 0. The maximum absolute atomic E-state index is 12.7. The second-order valence-corrected chi connectivity index (χ2v) is 10.0. The third-order valence-electron chi connectivity index (χ3n) is 3.47. The predicted octanol–water partition coefficient (Wildman–Crippen LogP) is 4.10. The lowest BCUT2D eigenvalue weighted by molar-refractivity contribution is 0.347. The Morgan fingerprint density at radius 3 is 1.86 bits per heavy atom. The zero-order valence-electron chi connectivity index (χ0n) is 14.5. The molecule has 3 nitrogen and oxygen atoms in total. The van der Waals surface area contributed by atoms with Crippen molar-refractivity contribution < 1.29 is 8.42 Å². The molecule has 0 aromatic heterocycles. The molecule has 5 heteroatoms. The highest BCUT2D eigenvalue weighted by atomic mass is 32.2. The van der Waals surface area contributed by atoms with E-state index < -0.39 is 16.1 Å². The Labute approximate surface area is 140 Å². The van der Waals surface area contributed by atoms with Crippen molar-refractivity contribution in [3.63, 3.8) is 0 Å². The molecule has 0 fully saturated rings. The standard InChI is InChI=1S/C17H27NO2S2/c1-12-8-10-13(11-9-12)22(19,20)18-14(16(2,3)4)15(21)17(5,6)7/h8-11,14,18H,1-7H3. The summed E-state index contributed by atoms with van der Waals surface area (Å²) in [6, 6.07) is 6.43. The fraction of sp³-hybridized carbons (Fsp3) is 0.588. The second-order valence-electron chi connectivity index (χ2n) is 7.85. The molecule has 0 saturated carbocycles. The van der Waals surface area contributed by atoms with Gasteiger partial charge in [0.25, 0.3) is 0 Å². The third kappa shape index (κ3) is 4.86. The van der Waals surface area contributed by atoms with Crippen molar-refractivity contribution in [3.8, 4) is 0 Å². The molecule has 0 aliphatic rings. The fourth-order valence-corrected chi connectivity index (χ4v) is 3.90. The topological polar surface area (TPSA) is 46.2 Å². The average Bonchev–Trinajstić information content (AvgIpc) is 2.33. The van der Waals surface area contributed by atoms with Gasteiger partial charge in [0.1, 0.15) is 0 Å². The van der Waals surface area contributed by atoms with E-state index in [0.717, 1.165) is 10.4 Å². The summed E-state index contributed by atoms with van der Waals surface area (Å²) in [4.78, 5) is 0.986. The maximum atomic E-state index is 12.7. The Morgan fingerprint density at radius 2 is 1.50 bits per heavy atom. The lowest BCUT2D eigenvalue weighted by atomic mass is 9.77. The summed E-state index contributed by atoms with van der Waals surface area (Å²) in [5, 5.41) is 0. The third-order valence-corrected chi connectivity index (χ3v) is 5.76. The Balaban J connectivity index is 3.19. The summed E-state index contributed by atoms with van der Waals surface area (Å²) in [5.74, 6) is 0. The van der Waals surface area contributed by atoms with Gasteiger partial charge in [0, 0.05) is 4.86 Å². The van der Waals surface area contributed by atoms with Gasteiger partial charge in [-0.25, -0.2) is 13.1 Å². The fourth-order valence-electron chi connectivity index (χ4n) is 2.00. The summed E-state index contributed by atoms with van der Waals surface area (Å²) in [5.41, 5.74) is 0.474. The molecule has 0 aliphatic carbocycles. The van der Waals surface area contributed by atoms with Crippen LogP contribution in [-0.4, -0.2) is 19.3 Å². The number of sulfonamides is 1. The molecule has 0 heterocycles. The van der Waals surface area contributed by atoms with Crippen LogP contribution < -0.4 is 4.72 Å². The van der Waals surface area contributed by atoms with Crippen LogP contribution in [0.1, 0.15) is 47.1 Å². The van der Waals surface area contributed by atoms with E-state index in [1.807, 2.05) is 48.5 Å². The maximum Gasteiger partial charge on any atom is 0.241 e. The van der Waals surface area contributed by atoms with Crippen molar-refractivity contribution in [1.29, 1.82) is 0 Å². The summed E-state index contributed by atoms with van der Waals surface area (Å²) < 4.78 is 28.1. The molecule has 1 N–H and O–H groups in total. The van der Waals surface area contributed by atoms with Crippen molar-refractivity contribution in [2.75, 3.05) is 0 Å². The van der Waals surface area contributed by atoms with Crippen molar-refractivity contribution in [3.05, 3.63) is 29.8 Å². The van der Waals surface area contributed by atoms with Gasteiger partial charge in [0.15, 0.2) is 0 Å². The molecule has 0 bridgehead atoms. The van der Waals surface area contributed by atoms with Gasteiger partial charge in [-0.1, -0.05) is 71.5 Å². The van der Waals surface area contributed by atoms with Gasteiger partial charge in [-0.05, 0) is 29.9 Å². The Kier molecular flexibility index (Phi) is 5.59. The van der Waals surface area contributed by atoms with Crippen molar-refractivity contribution in [2.45, 2.75) is 59.4 Å². The molecule has 0 radical (unpaired) electrons. The summed E-state index contributed by atoms with van der Waals surface area (Å²) in [6.45, 7) is 13.9. The van der Waals surface area contributed by atoms with Gasteiger partial charge in [0.2, 0.25) is 10.0 Å². The number of benzene rings is 1. The van der Waals surface area contributed by atoms with Gasteiger partial charge in [-0.2, -0.15) is 0 Å². The number of rotatable bonds is 4. The highest BCUT2D eigenvalue weighted by Crippen LogP contribution is 2.30. The molecule has 0 amide bonds. The van der Waals surface area contributed by atoms with Crippen LogP contribution in [0.5, 0.6) is 0 Å². The zero-order valence-corrected chi connectivity index (χ0v) is 16.2. The average molecular weight is 342 g/mol. The molecule has 1 atom stereocenters. The second kappa shape index (κ2) is 6.38. The van der Waals surface area contributed by atoms with Crippen molar-refractivity contribution in [1.82, 2.24) is 4.72 Å². The number of hydrogen-bond donors (Lipinski definition) is 1. The zero-order chi connectivity index (χ0) is 17.3. The first kappa shape index (κ1) is 19.3. The van der Waals surface area contributed by atoms with Gasteiger partial charge in [-0.15, -0.1) is 0 Å².